The van der Waals surface area contributed by atoms with Gasteiger partial charge in [-0.2, -0.15) is 0 Å². The number of carbonyl (C=O) groups excluding carboxylic acids is 2. The fraction of sp³-hybridized carbons (Fsp3) is 0.500. The minimum Gasteiger partial charge on any atom is -0.495 e. The molecule has 0 aliphatic rings. The number of carbonyl (C=O) groups is 2. The Labute approximate surface area is 141 Å². The van der Waals surface area contributed by atoms with Gasteiger partial charge < -0.3 is 19.7 Å². The van der Waals surface area contributed by atoms with Gasteiger partial charge in [0.25, 0.3) is 0 Å². The largest absolute Gasteiger partial charge is 0.495 e. The molecule has 7 heteroatoms. The van der Waals surface area contributed by atoms with Crippen LogP contribution in [0.4, 0.5) is 5.69 Å². The van der Waals surface area contributed by atoms with Crippen LogP contribution in [0.2, 0.25) is 5.02 Å². The predicted octanol–water partition coefficient (Wildman–Crippen LogP) is 2.94. The predicted molar refractivity (Wildman–Crippen MR) is 90.3 cm³/mol. The van der Waals surface area contributed by atoms with Crippen molar-refractivity contribution in [3.05, 3.63) is 17.2 Å². The average molecular weight is 343 g/mol. The molecule has 1 aromatic carbocycles. The lowest BCUT2D eigenvalue weighted by Gasteiger charge is -2.26. The van der Waals surface area contributed by atoms with E-state index in [4.69, 9.17) is 21.1 Å². The monoisotopic (exact) mass is 342 g/mol. The molecule has 0 heterocycles. The van der Waals surface area contributed by atoms with Gasteiger partial charge >= 0.3 is 0 Å². The minimum absolute atomic E-state index is 0.0140. The number of amides is 2. The van der Waals surface area contributed by atoms with Crippen molar-refractivity contribution in [1.82, 2.24) is 4.90 Å². The van der Waals surface area contributed by atoms with E-state index in [-0.39, 0.29) is 24.4 Å². The second kappa shape index (κ2) is 8.62. The number of hydrogen-bond donors (Lipinski definition) is 1. The summed E-state index contributed by atoms with van der Waals surface area (Å²) in [6, 6.07) is 3.13. The lowest BCUT2D eigenvalue weighted by Crippen LogP contribution is -2.42. The number of ether oxygens (including phenoxy) is 2. The quantitative estimate of drug-likeness (QED) is 0.827. The maximum Gasteiger partial charge on any atom is 0.244 e. The van der Waals surface area contributed by atoms with Crippen molar-refractivity contribution in [3.8, 4) is 11.5 Å². The van der Waals surface area contributed by atoms with Crippen LogP contribution in [0, 0.1) is 0 Å². The molecule has 1 aromatic rings. The third-order valence-corrected chi connectivity index (χ3v) is 3.88. The molecule has 23 heavy (non-hydrogen) atoms. The van der Waals surface area contributed by atoms with E-state index in [1.54, 1.807) is 12.1 Å². The third-order valence-electron chi connectivity index (χ3n) is 3.59. The Kier molecular flexibility index (Phi) is 7.16. The van der Waals surface area contributed by atoms with E-state index in [2.05, 4.69) is 5.32 Å². The fourth-order valence-corrected chi connectivity index (χ4v) is 2.33. The van der Waals surface area contributed by atoms with Gasteiger partial charge in [-0.05, 0) is 13.3 Å². The topological polar surface area (TPSA) is 67.9 Å². The van der Waals surface area contributed by atoms with Crippen molar-refractivity contribution < 1.29 is 19.1 Å². The van der Waals surface area contributed by atoms with Gasteiger partial charge in [0, 0.05) is 25.1 Å². The fourth-order valence-electron chi connectivity index (χ4n) is 2.10. The van der Waals surface area contributed by atoms with Crippen LogP contribution in [0.15, 0.2) is 12.1 Å². The zero-order chi connectivity index (χ0) is 17.6. The van der Waals surface area contributed by atoms with E-state index in [0.717, 1.165) is 6.42 Å². The highest BCUT2D eigenvalue weighted by molar-refractivity contribution is 6.32. The van der Waals surface area contributed by atoms with Crippen LogP contribution in [0.25, 0.3) is 0 Å². The Hall–Kier alpha value is -1.95. The Morgan fingerprint density at radius 1 is 1.26 bits per heavy atom. The summed E-state index contributed by atoms with van der Waals surface area (Å²) < 4.78 is 10.4. The molecule has 0 aromatic heterocycles. The third kappa shape index (κ3) is 5.03. The summed E-state index contributed by atoms with van der Waals surface area (Å²) in [5, 5.41) is 3.11. The molecule has 6 nitrogen and oxygen atoms in total. The summed E-state index contributed by atoms with van der Waals surface area (Å²) in [5.41, 5.74) is 0.436. The summed E-state index contributed by atoms with van der Waals surface area (Å²) in [6.07, 6.45) is 0.769. The number of rotatable bonds is 7. The first-order valence-corrected chi connectivity index (χ1v) is 7.70. The molecule has 0 radical (unpaired) electrons. The minimum atomic E-state index is -0.317. The summed E-state index contributed by atoms with van der Waals surface area (Å²) in [7, 11) is 2.97. The van der Waals surface area contributed by atoms with Gasteiger partial charge in [-0.1, -0.05) is 18.5 Å². The number of anilines is 1. The van der Waals surface area contributed by atoms with E-state index in [1.807, 2.05) is 13.8 Å². The maximum atomic E-state index is 12.3. The normalized spacial score (nSPS) is 11.6. The SMILES string of the molecule is CCC(C)N(CC(=O)Nc1cc(OC)c(Cl)cc1OC)C(C)=O. The van der Waals surface area contributed by atoms with Crippen molar-refractivity contribution in [2.45, 2.75) is 33.2 Å². The average Bonchev–Trinajstić information content (AvgIpc) is 2.52. The van der Waals surface area contributed by atoms with Gasteiger partial charge in [0.2, 0.25) is 11.8 Å². The molecule has 1 rings (SSSR count). The van der Waals surface area contributed by atoms with Crippen LogP contribution >= 0.6 is 11.6 Å². The molecular formula is C16H23ClN2O4. The van der Waals surface area contributed by atoms with Crippen LogP contribution in [0.1, 0.15) is 27.2 Å². The lowest BCUT2D eigenvalue weighted by atomic mass is 10.2. The van der Waals surface area contributed by atoms with E-state index in [1.165, 1.54) is 26.0 Å². The van der Waals surface area contributed by atoms with Crippen LogP contribution < -0.4 is 14.8 Å². The zero-order valence-electron chi connectivity index (χ0n) is 14.1. The van der Waals surface area contributed by atoms with E-state index >= 15 is 0 Å². The summed E-state index contributed by atoms with van der Waals surface area (Å²) >= 11 is 6.03. The van der Waals surface area contributed by atoms with Crippen molar-refractivity contribution >= 4 is 29.1 Å². The Morgan fingerprint density at radius 2 is 1.87 bits per heavy atom. The lowest BCUT2D eigenvalue weighted by molar-refractivity contribution is -0.134. The highest BCUT2D eigenvalue weighted by atomic mass is 35.5. The second-order valence-electron chi connectivity index (χ2n) is 5.14. The van der Waals surface area contributed by atoms with Gasteiger partial charge in [0.05, 0.1) is 24.9 Å². The molecule has 0 spiro atoms. The molecule has 0 bridgehead atoms. The van der Waals surface area contributed by atoms with E-state index in [9.17, 15) is 9.59 Å². The van der Waals surface area contributed by atoms with Crippen molar-refractivity contribution in [2.24, 2.45) is 0 Å². The molecule has 1 unspecified atom stereocenters. The number of nitrogens with one attached hydrogen (secondary N) is 1. The molecule has 2 amide bonds. The second-order valence-corrected chi connectivity index (χ2v) is 5.55. The van der Waals surface area contributed by atoms with Gasteiger partial charge in [0.1, 0.15) is 18.0 Å². The smallest absolute Gasteiger partial charge is 0.244 e. The summed E-state index contributed by atoms with van der Waals surface area (Å²) in [6.45, 7) is 5.29. The number of methoxy groups -OCH3 is 2. The molecule has 0 saturated carbocycles. The first kappa shape index (κ1) is 19.1. The molecule has 1 N–H and O–H groups in total. The van der Waals surface area contributed by atoms with Gasteiger partial charge in [-0.3, -0.25) is 9.59 Å². The molecule has 0 fully saturated rings. The molecule has 0 aliphatic carbocycles. The van der Waals surface area contributed by atoms with Crippen LogP contribution in [0.5, 0.6) is 11.5 Å². The number of benzene rings is 1. The Morgan fingerprint density at radius 3 is 2.35 bits per heavy atom. The molecule has 0 saturated heterocycles. The van der Waals surface area contributed by atoms with Crippen LogP contribution in [0.3, 0.4) is 0 Å². The molecular weight excluding hydrogens is 320 g/mol. The van der Waals surface area contributed by atoms with Crippen molar-refractivity contribution in [1.29, 1.82) is 0 Å². The molecule has 1 atom stereocenters. The first-order valence-electron chi connectivity index (χ1n) is 7.32. The molecule has 0 aliphatic heterocycles. The summed E-state index contributed by atoms with van der Waals surface area (Å²) in [4.78, 5) is 25.5. The van der Waals surface area contributed by atoms with Gasteiger partial charge in [0.15, 0.2) is 0 Å². The zero-order valence-corrected chi connectivity index (χ0v) is 14.9. The number of hydrogen-bond acceptors (Lipinski definition) is 4. The standard InChI is InChI=1S/C16H23ClN2O4/c1-6-10(2)19(11(3)20)9-16(21)18-13-8-14(22-4)12(17)7-15(13)23-5/h7-8,10H,6,9H2,1-5H3,(H,18,21). The van der Waals surface area contributed by atoms with Crippen LogP contribution in [-0.4, -0.2) is 43.5 Å². The maximum absolute atomic E-state index is 12.3. The summed E-state index contributed by atoms with van der Waals surface area (Å²) in [5.74, 6) is 0.383. The highest BCUT2D eigenvalue weighted by Gasteiger charge is 2.20. The Balaban J connectivity index is 2.94. The van der Waals surface area contributed by atoms with Gasteiger partial charge in [-0.15, -0.1) is 0 Å². The van der Waals surface area contributed by atoms with E-state index < -0.39 is 0 Å². The first-order chi connectivity index (χ1) is 10.8. The van der Waals surface area contributed by atoms with Crippen molar-refractivity contribution in [3.63, 3.8) is 0 Å². The van der Waals surface area contributed by atoms with Crippen molar-refractivity contribution in [2.75, 3.05) is 26.1 Å². The number of halogens is 1. The van der Waals surface area contributed by atoms with E-state index in [0.29, 0.717) is 22.2 Å². The number of nitrogens with zero attached hydrogens (tertiary/aromatic N) is 1. The highest BCUT2D eigenvalue weighted by Crippen LogP contribution is 2.35. The van der Waals surface area contributed by atoms with Gasteiger partial charge in [-0.25, -0.2) is 0 Å². The van der Waals surface area contributed by atoms with Crippen LogP contribution in [-0.2, 0) is 9.59 Å². The Bertz CT molecular complexity index is 577. The molecule has 128 valence electrons.